The number of aryl methyl sites for hydroxylation is 1. The van der Waals surface area contributed by atoms with Crippen LogP contribution in [0.25, 0.3) is 0 Å². The first kappa shape index (κ1) is 16.8. The van der Waals surface area contributed by atoms with Gasteiger partial charge >= 0.3 is 5.97 Å². The van der Waals surface area contributed by atoms with Crippen LogP contribution in [-0.2, 0) is 14.3 Å². The first-order valence-corrected chi connectivity index (χ1v) is 7.61. The number of rotatable bonds is 6. The molecule has 6 heteroatoms. The Kier molecular flexibility index (Phi) is 5.58. The van der Waals surface area contributed by atoms with Gasteiger partial charge in [-0.15, -0.1) is 0 Å². The molecule has 0 spiro atoms. The summed E-state index contributed by atoms with van der Waals surface area (Å²) in [5, 5.41) is 11.8. The lowest BCUT2D eigenvalue weighted by Crippen LogP contribution is -2.46. The molecule has 6 nitrogen and oxygen atoms in total. The molecule has 0 bridgehead atoms. The molecule has 1 aromatic rings. The molecule has 1 aliphatic rings. The van der Waals surface area contributed by atoms with Crippen molar-refractivity contribution < 1.29 is 19.1 Å². The number of carbonyl (C=O) groups excluding carboxylic acids is 2. The van der Waals surface area contributed by atoms with Crippen LogP contribution in [0.5, 0.6) is 5.75 Å². The normalized spacial score (nSPS) is 15.5. The average molecular weight is 316 g/mol. The number of carbonyl (C=O) groups is 2. The van der Waals surface area contributed by atoms with E-state index in [1.165, 1.54) is 0 Å². The van der Waals surface area contributed by atoms with Gasteiger partial charge in [-0.2, -0.15) is 5.26 Å². The second-order valence-electron chi connectivity index (χ2n) is 5.66. The number of para-hydroxylation sites is 1. The Morgan fingerprint density at radius 1 is 1.26 bits per heavy atom. The third-order valence-electron chi connectivity index (χ3n) is 3.85. The molecule has 1 fully saturated rings. The van der Waals surface area contributed by atoms with Crippen molar-refractivity contribution in [3.63, 3.8) is 0 Å². The highest BCUT2D eigenvalue weighted by molar-refractivity contribution is 5.81. The summed E-state index contributed by atoms with van der Waals surface area (Å²) in [6, 6.07) is 9.46. The van der Waals surface area contributed by atoms with Crippen LogP contribution in [0, 0.1) is 18.3 Å². The molecule has 0 aromatic heterocycles. The Bertz CT molecular complexity index is 615. The Hall–Kier alpha value is -2.55. The van der Waals surface area contributed by atoms with E-state index in [1.807, 2.05) is 25.1 Å². The maximum absolute atomic E-state index is 11.8. The molecule has 0 unspecified atom stereocenters. The predicted molar refractivity (Wildman–Crippen MR) is 82.6 cm³/mol. The molecule has 1 N–H and O–H groups in total. The number of ether oxygens (including phenoxy) is 2. The van der Waals surface area contributed by atoms with Crippen LogP contribution in [0.4, 0.5) is 0 Å². The van der Waals surface area contributed by atoms with Gasteiger partial charge < -0.3 is 14.8 Å². The van der Waals surface area contributed by atoms with Gasteiger partial charge in [-0.25, -0.2) is 4.79 Å². The van der Waals surface area contributed by atoms with E-state index in [1.54, 1.807) is 6.07 Å². The van der Waals surface area contributed by atoms with Crippen LogP contribution in [0.15, 0.2) is 24.3 Å². The van der Waals surface area contributed by atoms with Crippen molar-refractivity contribution in [3.05, 3.63) is 29.8 Å². The molecule has 1 aromatic carbocycles. The van der Waals surface area contributed by atoms with Crippen LogP contribution in [0.2, 0.25) is 0 Å². The minimum Gasteiger partial charge on any atom is -0.482 e. The fourth-order valence-corrected chi connectivity index (χ4v) is 2.59. The summed E-state index contributed by atoms with van der Waals surface area (Å²) in [4.78, 5) is 23.4. The summed E-state index contributed by atoms with van der Waals surface area (Å²) in [6.07, 6.45) is 3.11. The van der Waals surface area contributed by atoms with E-state index in [2.05, 4.69) is 11.4 Å². The second-order valence-corrected chi connectivity index (χ2v) is 5.66. The van der Waals surface area contributed by atoms with Gasteiger partial charge in [0.1, 0.15) is 11.3 Å². The summed E-state index contributed by atoms with van der Waals surface area (Å²) in [6.45, 7) is 1.21. The Morgan fingerprint density at radius 2 is 1.96 bits per heavy atom. The number of hydrogen-bond donors (Lipinski definition) is 1. The fourth-order valence-electron chi connectivity index (χ4n) is 2.59. The van der Waals surface area contributed by atoms with Crippen molar-refractivity contribution in [2.45, 2.75) is 38.1 Å². The third kappa shape index (κ3) is 4.71. The van der Waals surface area contributed by atoms with Crippen molar-refractivity contribution in [3.8, 4) is 11.8 Å². The minimum atomic E-state index is -0.804. The monoisotopic (exact) mass is 316 g/mol. The number of amides is 1. The van der Waals surface area contributed by atoms with Crippen LogP contribution in [0.1, 0.15) is 31.2 Å². The molecule has 122 valence electrons. The Balaban J connectivity index is 1.73. The lowest BCUT2D eigenvalue weighted by Gasteiger charge is -2.21. The van der Waals surface area contributed by atoms with Gasteiger partial charge in [0.05, 0.1) is 6.07 Å². The summed E-state index contributed by atoms with van der Waals surface area (Å²) in [5.41, 5.74) is 0.108. The van der Waals surface area contributed by atoms with E-state index in [0.29, 0.717) is 18.6 Å². The van der Waals surface area contributed by atoms with Crippen LogP contribution >= 0.6 is 0 Å². The van der Waals surface area contributed by atoms with Crippen LogP contribution in [-0.4, -0.2) is 30.6 Å². The standard InChI is InChI=1S/C17H20N2O4/c1-13-6-2-3-7-14(13)22-11-16(21)23-10-15(20)19-17(12-18)8-4-5-9-17/h2-3,6-7H,4-5,8-11H2,1H3,(H,19,20). The second kappa shape index (κ2) is 7.63. The smallest absolute Gasteiger partial charge is 0.344 e. The maximum atomic E-state index is 11.8. The van der Waals surface area contributed by atoms with Crippen molar-refractivity contribution in [1.82, 2.24) is 5.32 Å². The molecule has 0 aliphatic heterocycles. The number of hydrogen-bond acceptors (Lipinski definition) is 5. The Morgan fingerprint density at radius 3 is 2.61 bits per heavy atom. The summed E-state index contributed by atoms with van der Waals surface area (Å²) < 4.78 is 10.2. The molecule has 1 amide bonds. The number of nitriles is 1. The van der Waals surface area contributed by atoms with Gasteiger partial charge in [0, 0.05) is 0 Å². The third-order valence-corrected chi connectivity index (χ3v) is 3.85. The molecule has 0 saturated heterocycles. The van der Waals surface area contributed by atoms with Gasteiger partial charge in [-0.1, -0.05) is 18.2 Å². The fraction of sp³-hybridized carbons (Fsp3) is 0.471. The number of nitrogens with zero attached hydrogens (tertiary/aromatic N) is 1. The summed E-state index contributed by atoms with van der Waals surface area (Å²) >= 11 is 0. The van der Waals surface area contributed by atoms with E-state index >= 15 is 0 Å². The number of nitrogens with one attached hydrogen (secondary N) is 1. The SMILES string of the molecule is Cc1ccccc1OCC(=O)OCC(=O)NC1(C#N)CCCC1. The molecule has 1 saturated carbocycles. The molecule has 1 aliphatic carbocycles. The quantitative estimate of drug-likeness (QED) is 0.809. The van der Waals surface area contributed by atoms with E-state index in [9.17, 15) is 14.9 Å². The molecular formula is C17H20N2O4. The van der Waals surface area contributed by atoms with Gasteiger partial charge in [-0.05, 0) is 44.2 Å². The zero-order chi connectivity index (χ0) is 16.7. The van der Waals surface area contributed by atoms with Gasteiger partial charge in [0.15, 0.2) is 13.2 Å². The zero-order valence-electron chi connectivity index (χ0n) is 13.1. The van der Waals surface area contributed by atoms with Crippen molar-refractivity contribution in [2.75, 3.05) is 13.2 Å². The Labute approximate surface area is 135 Å². The highest BCUT2D eigenvalue weighted by atomic mass is 16.6. The topological polar surface area (TPSA) is 88.4 Å². The molecule has 23 heavy (non-hydrogen) atoms. The van der Waals surface area contributed by atoms with E-state index < -0.39 is 24.0 Å². The van der Waals surface area contributed by atoms with Crippen LogP contribution < -0.4 is 10.1 Å². The highest BCUT2D eigenvalue weighted by Gasteiger charge is 2.35. The minimum absolute atomic E-state index is 0.262. The highest BCUT2D eigenvalue weighted by Crippen LogP contribution is 2.28. The van der Waals surface area contributed by atoms with Gasteiger partial charge in [0.2, 0.25) is 0 Å². The molecular weight excluding hydrogens is 296 g/mol. The predicted octanol–water partition coefficient (Wildman–Crippen LogP) is 1.87. The molecule has 2 rings (SSSR count). The number of benzene rings is 1. The van der Waals surface area contributed by atoms with Crippen molar-refractivity contribution in [2.24, 2.45) is 0 Å². The zero-order valence-corrected chi connectivity index (χ0v) is 13.1. The largest absolute Gasteiger partial charge is 0.482 e. The van der Waals surface area contributed by atoms with Gasteiger partial charge in [-0.3, -0.25) is 4.79 Å². The first-order valence-electron chi connectivity index (χ1n) is 7.61. The van der Waals surface area contributed by atoms with E-state index in [4.69, 9.17) is 9.47 Å². The molecule has 0 heterocycles. The van der Waals surface area contributed by atoms with E-state index in [0.717, 1.165) is 18.4 Å². The number of esters is 1. The van der Waals surface area contributed by atoms with E-state index in [-0.39, 0.29) is 6.61 Å². The molecule has 0 atom stereocenters. The maximum Gasteiger partial charge on any atom is 0.344 e. The van der Waals surface area contributed by atoms with Crippen molar-refractivity contribution in [1.29, 1.82) is 5.26 Å². The summed E-state index contributed by atoms with van der Waals surface area (Å²) in [7, 11) is 0. The van der Waals surface area contributed by atoms with Crippen LogP contribution in [0.3, 0.4) is 0 Å². The summed E-state index contributed by atoms with van der Waals surface area (Å²) in [5.74, 6) is -0.484. The lowest BCUT2D eigenvalue weighted by atomic mass is 10.00. The first-order chi connectivity index (χ1) is 11.0. The average Bonchev–Trinajstić information content (AvgIpc) is 3.01. The molecule has 0 radical (unpaired) electrons. The van der Waals surface area contributed by atoms with Gasteiger partial charge in [0.25, 0.3) is 5.91 Å². The lowest BCUT2D eigenvalue weighted by molar-refractivity contribution is -0.150. The van der Waals surface area contributed by atoms with Crippen molar-refractivity contribution >= 4 is 11.9 Å².